The van der Waals surface area contributed by atoms with E-state index >= 15 is 0 Å². The van der Waals surface area contributed by atoms with Crippen LogP contribution in [0.3, 0.4) is 0 Å². The highest BCUT2D eigenvalue weighted by molar-refractivity contribution is 7.98. The summed E-state index contributed by atoms with van der Waals surface area (Å²) in [6.07, 6.45) is 11.0. The van der Waals surface area contributed by atoms with E-state index in [1.54, 1.807) is 12.3 Å². The first-order chi connectivity index (χ1) is 11.8. The summed E-state index contributed by atoms with van der Waals surface area (Å²) in [6, 6.07) is 4.15. The van der Waals surface area contributed by atoms with Crippen molar-refractivity contribution in [2.24, 2.45) is 0 Å². The molecule has 0 spiro atoms. The Morgan fingerprint density at radius 3 is 3.12 bits per heavy atom. The van der Waals surface area contributed by atoms with Gasteiger partial charge in [-0.3, -0.25) is 9.82 Å². The number of nitrogens with one attached hydrogen (secondary N) is 4. The largest absolute Gasteiger partial charge is 0.342 e. The molecule has 0 radical (unpaired) electrons. The van der Waals surface area contributed by atoms with Crippen molar-refractivity contribution in [3.05, 3.63) is 42.0 Å². The monoisotopic (exact) mass is 338 g/mol. The first kappa shape index (κ1) is 15.2. The van der Waals surface area contributed by atoms with Crippen molar-refractivity contribution in [3.63, 3.8) is 0 Å². The van der Waals surface area contributed by atoms with Crippen LogP contribution in [0.2, 0.25) is 0 Å². The van der Waals surface area contributed by atoms with E-state index in [2.05, 4.69) is 31.0 Å². The molecule has 1 aliphatic rings. The van der Waals surface area contributed by atoms with Gasteiger partial charge < -0.3 is 10.4 Å². The van der Waals surface area contributed by atoms with Crippen LogP contribution in [-0.2, 0) is 6.54 Å². The van der Waals surface area contributed by atoms with Gasteiger partial charge in [-0.15, -0.1) is 0 Å². The molecule has 122 valence electrons. The minimum Gasteiger partial charge on any atom is -0.342 e. The second-order valence-corrected chi connectivity index (χ2v) is 6.97. The fourth-order valence-electron chi connectivity index (χ4n) is 2.62. The van der Waals surface area contributed by atoms with Gasteiger partial charge >= 0.3 is 0 Å². The van der Waals surface area contributed by atoms with Gasteiger partial charge in [-0.2, -0.15) is 5.10 Å². The molecule has 0 amide bonds. The van der Waals surface area contributed by atoms with Crippen LogP contribution in [-0.4, -0.2) is 31.6 Å². The molecule has 1 fully saturated rings. The van der Waals surface area contributed by atoms with Crippen molar-refractivity contribution in [1.29, 1.82) is 5.41 Å². The predicted molar refractivity (Wildman–Crippen MR) is 98.9 cm³/mol. The van der Waals surface area contributed by atoms with Gasteiger partial charge in [-0.25, -0.2) is 4.98 Å². The molecule has 0 atom stereocenters. The van der Waals surface area contributed by atoms with Gasteiger partial charge in [0.25, 0.3) is 0 Å². The fourth-order valence-corrected chi connectivity index (χ4v) is 3.46. The maximum Gasteiger partial charge on any atom is 0.138 e. The summed E-state index contributed by atoms with van der Waals surface area (Å²) >= 11 is 1.82. The van der Waals surface area contributed by atoms with E-state index in [1.807, 2.05) is 30.3 Å². The predicted octanol–water partition coefficient (Wildman–Crippen LogP) is 3.52. The van der Waals surface area contributed by atoms with Crippen LogP contribution in [0, 0.1) is 5.41 Å². The summed E-state index contributed by atoms with van der Waals surface area (Å²) in [6.45, 7) is 0.795. The molecule has 3 aromatic heterocycles. The van der Waals surface area contributed by atoms with E-state index in [0.29, 0.717) is 0 Å². The number of pyridine rings is 1. The van der Waals surface area contributed by atoms with Crippen molar-refractivity contribution in [3.8, 4) is 11.1 Å². The Bertz CT molecular complexity index is 890. The molecule has 0 aromatic carbocycles. The second kappa shape index (κ2) is 6.62. The van der Waals surface area contributed by atoms with Crippen LogP contribution in [0.5, 0.6) is 0 Å². The Balaban J connectivity index is 1.65. The summed E-state index contributed by atoms with van der Waals surface area (Å²) in [5, 5.41) is 16.1. The molecule has 0 bridgehead atoms. The van der Waals surface area contributed by atoms with Crippen molar-refractivity contribution in [2.75, 3.05) is 0 Å². The van der Waals surface area contributed by atoms with Gasteiger partial charge in [-0.1, -0.05) is 11.9 Å². The number of aromatic nitrogens is 4. The van der Waals surface area contributed by atoms with Crippen LogP contribution < -0.4 is 4.72 Å². The summed E-state index contributed by atoms with van der Waals surface area (Å²) < 4.78 is 3.42. The van der Waals surface area contributed by atoms with E-state index < -0.39 is 0 Å². The van der Waals surface area contributed by atoms with Crippen LogP contribution in [0.25, 0.3) is 28.2 Å². The lowest BCUT2D eigenvalue weighted by Crippen LogP contribution is -2.04. The minimum atomic E-state index is 0.789. The van der Waals surface area contributed by atoms with E-state index in [-0.39, 0.29) is 0 Å². The zero-order valence-corrected chi connectivity index (χ0v) is 13.9. The highest BCUT2D eigenvalue weighted by Gasteiger charge is 2.21. The number of hydrogen-bond acceptors (Lipinski definition) is 5. The van der Waals surface area contributed by atoms with Crippen molar-refractivity contribution in [1.82, 2.24) is 24.9 Å². The minimum absolute atomic E-state index is 0.789. The van der Waals surface area contributed by atoms with Crippen LogP contribution in [0.4, 0.5) is 0 Å². The van der Waals surface area contributed by atoms with Gasteiger partial charge in [0.05, 0.1) is 11.9 Å². The molecule has 3 heterocycles. The summed E-state index contributed by atoms with van der Waals surface area (Å²) in [7, 11) is 0. The molecule has 6 nitrogen and oxygen atoms in total. The molecular formula is C17H18N6S. The third-order valence-corrected chi connectivity index (χ3v) is 5.06. The smallest absolute Gasteiger partial charge is 0.138 e. The zero-order chi connectivity index (χ0) is 16.4. The van der Waals surface area contributed by atoms with E-state index in [4.69, 9.17) is 5.41 Å². The first-order valence-electron chi connectivity index (χ1n) is 7.91. The van der Waals surface area contributed by atoms with Gasteiger partial charge in [0.2, 0.25) is 0 Å². The third kappa shape index (κ3) is 3.13. The highest BCUT2D eigenvalue weighted by Crippen LogP contribution is 2.33. The quantitative estimate of drug-likeness (QED) is 0.392. The molecule has 0 saturated heterocycles. The van der Waals surface area contributed by atoms with E-state index in [9.17, 15) is 0 Å². The number of H-pyrrole nitrogens is 2. The maximum absolute atomic E-state index is 7.14. The lowest BCUT2D eigenvalue weighted by molar-refractivity contribution is 0.937. The van der Waals surface area contributed by atoms with Gasteiger partial charge in [0.15, 0.2) is 0 Å². The summed E-state index contributed by atoms with van der Waals surface area (Å²) in [5.74, 6) is 0. The number of fused-ring (bicyclic) bond motifs is 1. The van der Waals surface area contributed by atoms with Crippen molar-refractivity contribution in [2.45, 2.75) is 24.6 Å². The molecule has 1 aliphatic carbocycles. The highest BCUT2D eigenvalue weighted by atomic mass is 32.2. The van der Waals surface area contributed by atoms with Crippen LogP contribution in [0.15, 0.2) is 30.6 Å². The Kier molecular flexibility index (Phi) is 4.18. The standard InChI is InChI=1S/C17H18N6S/c18-6-1-2-16-15(10-20-23-16)13-5-7-19-17-14(13)8-11(22-17)9-21-24-12-3-4-12/h1-2,5-8,10,12,18,21H,3-4,9H2,(H,19,22)(H,20,23)/b2-1-,18-6?. The average Bonchev–Trinajstić information content (AvgIpc) is 3.14. The average molecular weight is 338 g/mol. The molecule has 7 heteroatoms. The molecular weight excluding hydrogens is 320 g/mol. The number of nitrogens with zero attached hydrogens (tertiary/aromatic N) is 2. The van der Waals surface area contributed by atoms with E-state index in [0.717, 1.165) is 45.3 Å². The Labute approximate surface area is 143 Å². The molecule has 4 rings (SSSR count). The molecule has 0 aliphatic heterocycles. The van der Waals surface area contributed by atoms with Crippen LogP contribution in [0.1, 0.15) is 24.2 Å². The summed E-state index contributed by atoms with van der Waals surface area (Å²) in [4.78, 5) is 7.83. The first-order valence-corrected chi connectivity index (χ1v) is 8.79. The Morgan fingerprint density at radius 2 is 2.29 bits per heavy atom. The van der Waals surface area contributed by atoms with Gasteiger partial charge in [0, 0.05) is 40.8 Å². The molecule has 24 heavy (non-hydrogen) atoms. The Morgan fingerprint density at radius 1 is 1.38 bits per heavy atom. The number of rotatable bonds is 7. The second-order valence-electron chi connectivity index (χ2n) is 5.78. The fraction of sp³-hybridized carbons (Fsp3) is 0.235. The normalized spacial score (nSPS) is 14.7. The molecule has 0 unspecified atom stereocenters. The van der Waals surface area contributed by atoms with Crippen LogP contribution >= 0.6 is 11.9 Å². The van der Waals surface area contributed by atoms with Gasteiger partial charge in [0.1, 0.15) is 5.65 Å². The topological polar surface area (TPSA) is 93.2 Å². The van der Waals surface area contributed by atoms with Crippen molar-refractivity contribution < 1.29 is 0 Å². The number of allylic oxidation sites excluding steroid dienone is 1. The molecule has 1 saturated carbocycles. The van der Waals surface area contributed by atoms with Gasteiger partial charge in [-0.05, 0) is 42.7 Å². The van der Waals surface area contributed by atoms with Crippen molar-refractivity contribution >= 4 is 35.3 Å². The number of hydrogen-bond donors (Lipinski definition) is 4. The Hall–Kier alpha value is -2.38. The third-order valence-electron chi connectivity index (χ3n) is 3.94. The SMILES string of the molecule is N=C/C=C\c1[nH]ncc1-c1ccnc2[nH]c(CNSC3CC3)cc12. The number of aromatic amines is 2. The molecule has 4 N–H and O–H groups in total. The van der Waals surface area contributed by atoms with E-state index in [1.165, 1.54) is 19.1 Å². The molecule has 3 aromatic rings. The zero-order valence-electron chi connectivity index (χ0n) is 13.0. The maximum atomic E-state index is 7.14. The summed E-state index contributed by atoms with van der Waals surface area (Å²) in [5.41, 5.74) is 4.97. The lowest BCUT2D eigenvalue weighted by Gasteiger charge is -2.01. The lowest BCUT2D eigenvalue weighted by atomic mass is 10.0.